The Kier molecular flexibility index (Phi) is 4.57. The van der Waals surface area contributed by atoms with Crippen LogP contribution < -0.4 is 5.32 Å². The average Bonchev–Trinajstić information content (AvgIpc) is 2.75. The summed E-state index contributed by atoms with van der Waals surface area (Å²) in [6.45, 7) is 9.61. The van der Waals surface area contributed by atoms with Gasteiger partial charge in [-0.1, -0.05) is 43.7 Å². The number of rotatable bonds is 6. The molecule has 0 unspecified atom stereocenters. The molecule has 0 saturated carbocycles. The lowest BCUT2D eigenvalue weighted by molar-refractivity contribution is 0.336. The number of nitrogens with zero attached hydrogens (tertiary/aromatic N) is 3. The van der Waals surface area contributed by atoms with E-state index >= 15 is 0 Å². The normalized spacial score (nSPS) is 15.3. The van der Waals surface area contributed by atoms with Gasteiger partial charge >= 0.3 is 0 Å². The Balaban J connectivity index is 1.81. The second-order valence-corrected chi connectivity index (χ2v) is 6.92. The van der Waals surface area contributed by atoms with Gasteiger partial charge in [-0.25, -0.2) is 9.67 Å². The molecule has 1 aromatic heterocycles. The third kappa shape index (κ3) is 3.74. The van der Waals surface area contributed by atoms with Crippen molar-refractivity contribution in [2.75, 3.05) is 13.1 Å². The molecular weight excluding hydrogens is 272 g/mol. The van der Waals surface area contributed by atoms with E-state index in [-0.39, 0.29) is 0 Å². The molecule has 1 saturated heterocycles. The number of benzene rings is 1. The maximum Gasteiger partial charge on any atom is 0.151 e. The first-order valence-corrected chi connectivity index (χ1v) is 8.29. The molecule has 0 atom stereocenters. The lowest BCUT2D eigenvalue weighted by atomic mass is 9.99. The molecule has 1 fully saturated rings. The zero-order valence-corrected chi connectivity index (χ0v) is 13.8. The summed E-state index contributed by atoms with van der Waals surface area (Å²) in [6.07, 6.45) is 1.99. The van der Waals surface area contributed by atoms with Gasteiger partial charge in [0.1, 0.15) is 5.82 Å². The Labute approximate surface area is 133 Å². The van der Waals surface area contributed by atoms with Crippen LogP contribution in [0.2, 0.25) is 0 Å². The SMILES string of the molecule is Cc1cccc(Cn2nc(CC(C)C)nc2CC2CNC2)c1. The van der Waals surface area contributed by atoms with Gasteiger partial charge in [-0.05, 0) is 37.4 Å². The first-order chi connectivity index (χ1) is 10.6. The molecule has 1 aliphatic rings. The van der Waals surface area contributed by atoms with Crippen LogP contribution in [-0.2, 0) is 19.4 Å². The monoisotopic (exact) mass is 298 g/mol. The van der Waals surface area contributed by atoms with Gasteiger partial charge < -0.3 is 5.32 Å². The second kappa shape index (κ2) is 6.61. The van der Waals surface area contributed by atoms with Crippen molar-refractivity contribution in [2.24, 2.45) is 11.8 Å². The summed E-state index contributed by atoms with van der Waals surface area (Å²) in [5.74, 6) is 3.44. The van der Waals surface area contributed by atoms with Gasteiger partial charge in [0.25, 0.3) is 0 Å². The highest BCUT2D eigenvalue weighted by molar-refractivity contribution is 5.22. The molecule has 1 aliphatic heterocycles. The maximum absolute atomic E-state index is 4.81. The van der Waals surface area contributed by atoms with E-state index in [1.165, 1.54) is 11.1 Å². The fraction of sp³-hybridized carbons (Fsp3) is 0.556. The Morgan fingerprint density at radius 1 is 1.32 bits per heavy atom. The molecule has 1 N–H and O–H groups in total. The summed E-state index contributed by atoms with van der Waals surface area (Å²) in [4.78, 5) is 4.81. The molecule has 2 heterocycles. The van der Waals surface area contributed by atoms with E-state index in [0.29, 0.717) is 11.8 Å². The Morgan fingerprint density at radius 3 is 2.77 bits per heavy atom. The second-order valence-electron chi connectivity index (χ2n) is 6.92. The lowest BCUT2D eigenvalue weighted by Gasteiger charge is -2.26. The topological polar surface area (TPSA) is 42.7 Å². The molecule has 118 valence electrons. The smallest absolute Gasteiger partial charge is 0.151 e. The minimum atomic E-state index is 0.591. The van der Waals surface area contributed by atoms with Crippen molar-refractivity contribution in [2.45, 2.75) is 40.2 Å². The summed E-state index contributed by atoms with van der Waals surface area (Å²) in [6, 6.07) is 8.66. The minimum absolute atomic E-state index is 0.591. The van der Waals surface area contributed by atoms with Crippen molar-refractivity contribution in [1.82, 2.24) is 20.1 Å². The van der Waals surface area contributed by atoms with Crippen LogP contribution >= 0.6 is 0 Å². The van der Waals surface area contributed by atoms with E-state index in [0.717, 1.165) is 44.1 Å². The molecule has 2 aromatic rings. The average molecular weight is 298 g/mol. The van der Waals surface area contributed by atoms with Gasteiger partial charge in [-0.2, -0.15) is 5.10 Å². The molecule has 22 heavy (non-hydrogen) atoms. The quantitative estimate of drug-likeness (QED) is 0.891. The van der Waals surface area contributed by atoms with E-state index in [2.05, 4.69) is 55.0 Å². The Bertz CT molecular complexity index is 626. The summed E-state index contributed by atoms with van der Waals surface area (Å²) in [5.41, 5.74) is 2.60. The van der Waals surface area contributed by atoms with E-state index in [1.807, 2.05) is 0 Å². The molecule has 4 heteroatoms. The molecule has 0 bridgehead atoms. The van der Waals surface area contributed by atoms with Crippen molar-refractivity contribution < 1.29 is 0 Å². The van der Waals surface area contributed by atoms with Gasteiger partial charge in [0, 0.05) is 12.8 Å². The van der Waals surface area contributed by atoms with Crippen LogP contribution in [0.4, 0.5) is 0 Å². The molecule has 3 rings (SSSR count). The van der Waals surface area contributed by atoms with Crippen LogP contribution in [-0.4, -0.2) is 27.9 Å². The van der Waals surface area contributed by atoms with Crippen LogP contribution in [0.1, 0.15) is 36.6 Å². The summed E-state index contributed by atoms with van der Waals surface area (Å²) in [5, 5.41) is 8.11. The summed E-state index contributed by atoms with van der Waals surface area (Å²) >= 11 is 0. The van der Waals surface area contributed by atoms with E-state index in [9.17, 15) is 0 Å². The van der Waals surface area contributed by atoms with Crippen molar-refractivity contribution in [3.8, 4) is 0 Å². The summed E-state index contributed by atoms with van der Waals surface area (Å²) < 4.78 is 2.12. The largest absolute Gasteiger partial charge is 0.316 e. The molecule has 0 amide bonds. The Hall–Kier alpha value is -1.68. The van der Waals surface area contributed by atoms with E-state index in [4.69, 9.17) is 10.1 Å². The van der Waals surface area contributed by atoms with Crippen LogP contribution in [0.3, 0.4) is 0 Å². The van der Waals surface area contributed by atoms with Crippen molar-refractivity contribution in [1.29, 1.82) is 0 Å². The predicted octanol–water partition coefficient (Wildman–Crippen LogP) is 2.60. The third-order valence-corrected chi connectivity index (χ3v) is 4.14. The van der Waals surface area contributed by atoms with Crippen LogP contribution in [0, 0.1) is 18.8 Å². The number of aromatic nitrogens is 3. The van der Waals surface area contributed by atoms with E-state index < -0.39 is 0 Å². The fourth-order valence-electron chi connectivity index (χ4n) is 2.89. The zero-order valence-electron chi connectivity index (χ0n) is 13.8. The fourth-order valence-corrected chi connectivity index (χ4v) is 2.89. The molecule has 0 spiro atoms. The highest BCUT2D eigenvalue weighted by atomic mass is 15.3. The Morgan fingerprint density at radius 2 is 2.14 bits per heavy atom. The standard InChI is InChI=1S/C18H26N4/c1-13(2)7-17-20-18(9-16-10-19-11-16)22(21-17)12-15-6-4-5-14(3)8-15/h4-6,8,13,16,19H,7,9-12H2,1-3H3. The van der Waals surface area contributed by atoms with Crippen LogP contribution in [0.5, 0.6) is 0 Å². The molecule has 0 aliphatic carbocycles. The number of hydrogen-bond donors (Lipinski definition) is 1. The van der Waals surface area contributed by atoms with Crippen molar-refractivity contribution in [3.05, 3.63) is 47.0 Å². The molecule has 4 nitrogen and oxygen atoms in total. The highest BCUT2D eigenvalue weighted by Crippen LogP contribution is 2.15. The first-order valence-electron chi connectivity index (χ1n) is 8.29. The van der Waals surface area contributed by atoms with Crippen LogP contribution in [0.25, 0.3) is 0 Å². The lowest BCUT2D eigenvalue weighted by Crippen LogP contribution is -2.43. The van der Waals surface area contributed by atoms with Gasteiger partial charge in [-0.15, -0.1) is 0 Å². The first kappa shape index (κ1) is 15.2. The van der Waals surface area contributed by atoms with Gasteiger partial charge in [0.15, 0.2) is 5.82 Å². The summed E-state index contributed by atoms with van der Waals surface area (Å²) in [7, 11) is 0. The molecule has 1 aromatic carbocycles. The van der Waals surface area contributed by atoms with Crippen LogP contribution in [0.15, 0.2) is 24.3 Å². The maximum atomic E-state index is 4.81. The minimum Gasteiger partial charge on any atom is -0.316 e. The number of aryl methyl sites for hydroxylation is 1. The third-order valence-electron chi connectivity index (χ3n) is 4.14. The van der Waals surface area contributed by atoms with E-state index in [1.54, 1.807) is 0 Å². The van der Waals surface area contributed by atoms with Crippen molar-refractivity contribution in [3.63, 3.8) is 0 Å². The molecule has 0 radical (unpaired) electrons. The van der Waals surface area contributed by atoms with Gasteiger partial charge in [0.2, 0.25) is 0 Å². The zero-order chi connectivity index (χ0) is 15.5. The number of hydrogen-bond acceptors (Lipinski definition) is 3. The number of nitrogens with one attached hydrogen (secondary N) is 1. The molecular formula is C18H26N4. The van der Waals surface area contributed by atoms with Crippen molar-refractivity contribution >= 4 is 0 Å². The predicted molar refractivity (Wildman–Crippen MR) is 88.9 cm³/mol. The van der Waals surface area contributed by atoms with Gasteiger partial charge in [0.05, 0.1) is 6.54 Å². The van der Waals surface area contributed by atoms with Gasteiger partial charge in [-0.3, -0.25) is 0 Å². The highest BCUT2D eigenvalue weighted by Gasteiger charge is 2.21.